The van der Waals surface area contributed by atoms with Gasteiger partial charge in [0.2, 0.25) is 11.6 Å². The second-order valence-electron chi connectivity index (χ2n) is 8.50. The summed E-state index contributed by atoms with van der Waals surface area (Å²) in [5, 5.41) is 0. The van der Waals surface area contributed by atoms with Crippen molar-refractivity contribution < 1.29 is 22.4 Å². The fourth-order valence-corrected chi connectivity index (χ4v) is 4.28. The van der Waals surface area contributed by atoms with Gasteiger partial charge in [0.15, 0.2) is 0 Å². The molecule has 1 aliphatic rings. The number of carbonyl (C=O) groups excluding carboxylic acids is 1. The van der Waals surface area contributed by atoms with E-state index in [0.717, 1.165) is 15.7 Å². The molecule has 4 rings (SSSR count). The van der Waals surface area contributed by atoms with E-state index in [1.54, 1.807) is 38.1 Å². The Balaban J connectivity index is 1.67. The molecule has 1 atom stereocenters. The van der Waals surface area contributed by atoms with Crippen molar-refractivity contribution in [2.45, 2.75) is 33.0 Å². The molecule has 0 spiro atoms. The standard InChI is InChI=1S/C24H24F4N4O2/c1-14-12-18-20(13-15(14)2)32(23(34)21(29-18)24(26,27)28)16(3)22(33)31-10-8-30(9-11-31)19-7-5-4-6-17(19)25/h4-7,12-13,16H,8-11H2,1-3H3/t16-/m1/s1. The van der Waals surface area contributed by atoms with Gasteiger partial charge >= 0.3 is 6.18 Å². The number of halogens is 4. The first-order valence-corrected chi connectivity index (χ1v) is 10.9. The van der Waals surface area contributed by atoms with Crippen LogP contribution < -0.4 is 10.5 Å². The molecule has 0 N–H and O–H groups in total. The van der Waals surface area contributed by atoms with Crippen LogP contribution in [0.15, 0.2) is 41.2 Å². The predicted octanol–water partition coefficient (Wildman–Crippen LogP) is 4.08. The molecular weight excluding hydrogens is 452 g/mol. The van der Waals surface area contributed by atoms with Crippen LogP contribution in [-0.2, 0) is 11.0 Å². The Morgan fingerprint density at radius 1 is 1.03 bits per heavy atom. The van der Waals surface area contributed by atoms with Crippen LogP contribution >= 0.6 is 0 Å². The molecule has 180 valence electrons. The first-order valence-electron chi connectivity index (χ1n) is 10.9. The van der Waals surface area contributed by atoms with E-state index in [9.17, 15) is 27.2 Å². The predicted molar refractivity (Wildman–Crippen MR) is 120 cm³/mol. The number of para-hydroxylation sites is 1. The topological polar surface area (TPSA) is 58.4 Å². The Hall–Kier alpha value is -3.43. The highest BCUT2D eigenvalue weighted by Crippen LogP contribution is 2.29. The SMILES string of the molecule is Cc1cc2nc(C(F)(F)F)c(=O)n([C@H](C)C(=O)N3CCN(c4ccccc4F)CC3)c2cc1C. The summed E-state index contributed by atoms with van der Waals surface area (Å²) in [5.74, 6) is -0.843. The second-order valence-corrected chi connectivity index (χ2v) is 8.50. The Labute approximate surface area is 193 Å². The summed E-state index contributed by atoms with van der Waals surface area (Å²) in [5.41, 5.74) is -0.811. The first kappa shape index (κ1) is 23.7. The summed E-state index contributed by atoms with van der Waals surface area (Å²) >= 11 is 0. The minimum atomic E-state index is -4.96. The molecule has 0 aliphatic carbocycles. The van der Waals surface area contributed by atoms with Crippen molar-refractivity contribution in [2.24, 2.45) is 0 Å². The second kappa shape index (κ2) is 8.73. The van der Waals surface area contributed by atoms with E-state index in [2.05, 4.69) is 4.98 Å². The average molecular weight is 476 g/mol. The van der Waals surface area contributed by atoms with Crippen LogP contribution in [0.3, 0.4) is 0 Å². The molecule has 2 aromatic carbocycles. The van der Waals surface area contributed by atoms with Gasteiger partial charge in [0, 0.05) is 26.2 Å². The molecule has 1 aromatic heterocycles. The number of hydrogen-bond acceptors (Lipinski definition) is 4. The highest BCUT2D eigenvalue weighted by Gasteiger charge is 2.39. The largest absolute Gasteiger partial charge is 0.438 e. The maximum Gasteiger partial charge on any atom is 0.438 e. The van der Waals surface area contributed by atoms with Gasteiger partial charge in [-0.1, -0.05) is 12.1 Å². The summed E-state index contributed by atoms with van der Waals surface area (Å²) in [7, 11) is 0. The number of aryl methyl sites for hydroxylation is 2. The summed E-state index contributed by atoms with van der Waals surface area (Å²) < 4.78 is 55.8. The Bertz CT molecular complexity index is 1310. The van der Waals surface area contributed by atoms with E-state index in [0.29, 0.717) is 18.8 Å². The minimum Gasteiger partial charge on any atom is -0.366 e. The lowest BCUT2D eigenvalue weighted by atomic mass is 10.1. The van der Waals surface area contributed by atoms with Gasteiger partial charge in [-0.2, -0.15) is 13.2 Å². The third kappa shape index (κ3) is 4.24. The summed E-state index contributed by atoms with van der Waals surface area (Å²) in [4.78, 5) is 33.1. The van der Waals surface area contributed by atoms with Gasteiger partial charge in [0.1, 0.15) is 11.9 Å². The monoisotopic (exact) mass is 476 g/mol. The van der Waals surface area contributed by atoms with E-state index in [1.165, 1.54) is 24.0 Å². The maximum absolute atomic E-state index is 14.1. The van der Waals surface area contributed by atoms with E-state index in [4.69, 9.17) is 0 Å². The minimum absolute atomic E-state index is 0.000882. The summed E-state index contributed by atoms with van der Waals surface area (Å²) in [6.07, 6.45) is -4.96. The van der Waals surface area contributed by atoms with Gasteiger partial charge in [0.05, 0.1) is 16.7 Å². The van der Waals surface area contributed by atoms with Gasteiger partial charge < -0.3 is 9.80 Å². The lowest BCUT2D eigenvalue weighted by Crippen LogP contribution is -2.51. The smallest absolute Gasteiger partial charge is 0.366 e. The van der Waals surface area contributed by atoms with Crippen molar-refractivity contribution in [3.05, 3.63) is 69.4 Å². The maximum atomic E-state index is 14.1. The molecule has 6 nitrogen and oxygen atoms in total. The number of rotatable bonds is 3. The lowest BCUT2D eigenvalue weighted by Gasteiger charge is -2.37. The molecule has 34 heavy (non-hydrogen) atoms. The summed E-state index contributed by atoms with van der Waals surface area (Å²) in [6, 6.07) is 8.22. The van der Waals surface area contributed by atoms with Gasteiger partial charge in [0.25, 0.3) is 5.56 Å². The van der Waals surface area contributed by atoms with Gasteiger partial charge in [-0.25, -0.2) is 9.37 Å². The Morgan fingerprint density at radius 3 is 2.26 bits per heavy atom. The van der Waals surface area contributed by atoms with Crippen LogP contribution in [0.5, 0.6) is 0 Å². The molecule has 1 saturated heterocycles. The molecule has 1 aliphatic heterocycles. The van der Waals surface area contributed by atoms with E-state index >= 15 is 0 Å². The van der Waals surface area contributed by atoms with Crippen molar-refractivity contribution in [3.8, 4) is 0 Å². The van der Waals surface area contributed by atoms with Crippen LogP contribution in [-0.4, -0.2) is 46.5 Å². The fourth-order valence-electron chi connectivity index (χ4n) is 4.28. The molecule has 3 aromatic rings. The number of benzene rings is 2. The quantitative estimate of drug-likeness (QED) is 0.535. The number of anilines is 1. The van der Waals surface area contributed by atoms with Crippen LogP contribution in [0, 0.1) is 19.7 Å². The van der Waals surface area contributed by atoms with Crippen LogP contribution in [0.2, 0.25) is 0 Å². The van der Waals surface area contributed by atoms with Gasteiger partial charge in [-0.05, 0) is 56.2 Å². The zero-order valence-electron chi connectivity index (χ0n) is 19.0. The number of piperazine rings is 1. The van der Waals surface area contributed by atoms with E-state index < -0.39 is 29.4 Å². The first-order chi connectivity index (χ1) is 16.0. The molecule has 0 unspecified atom stereocenters. The molecule has 0 saturated carbocycles. The zero-order valence-corrected chi connectivity index (χ0v) is 19.0. The van der Waals surface area contributed by atoms with Crippen molar-refractivity contribution in [2.75, 3.05) is 31.1 Å². The summed E-state index contributed by atoms with van der Waals surface area (Å²) in [6.45, 7) is 6.15. The number of nitrogens with zero attached hydrogens (tertiary/aromatic N) is 4. The molecule has 2 heterocycles. The molecular formula is C24H24F4N4O2. The number of hydrogen-bond donors (Lipinski definition) is 0. The van der Waals surface area contributed by atoms with Crippen LogP contribution in [0.25, 0.3) is 11.0 Å². The normalized spacial score (nSPS) is 15.6. The number of alkyl halides is 3. The highest BCUT2D eigenvalue weighted by atomic mass is 19.4. The number of aromatic nitrogens is 2. The van der Waals surface area contributed by atoms with Crippen molar-refractivity contribution in [1.82, 2.24) is 14.5 Å². The van der Waals surface area contributed by atoms with Crippen molar-refractivity contribution >= 4 is 22.6 Å². The molecule has 10 heteroatoms. The van der Waals surface area contributed by atoms with Crippen molar-refractivity contribution in [1.29, 1.82) is 0 Å². The van der Waals surface area contributed by atoms with Gasteiger partial charge in [-0.15, -0.1) is 0 Å². The fraction of sp³-hybridized carbons (Fsp3) is 0.375. The van der Waals surface area contributed by atoms with Crippen LogP contribution in [0.1, 0.15) is 29.8 Å². The third-order valence-electron chi connectivity index (χ3n) is 6.30. The number of carbonyl (C=O) groups is 1. The lowest BCUT2D eigenvalue weighted by molar-refractivity contribution is -0.143. The Kier molecular flexibility index (Phi) is 6.09. The zero-order chi connectivity index (χ0) is 24.8. The average Bonchev–Trinajstić information content (AvgIpc) is 2.79. The Morgan fingerprint density at radius 2 is 1.65 bits per heavy atom. The van der Waals surface area contributed by atoms with Gasteiger partial charge in [-0.3, -0.25) is 14.2 Å². The number of fused-ring (bicyclic) bond motifs is 1. The van der Waals surface area contributed by atoms with E-state index in [1.807, 2.05) is 4.90 Å². The van der Waals surface area contributed by atoms with Crippen LogP contribution in [0.4, 0.5) is 23.2 Å². The highest BCUT2D eigenvalue weighted by molar-refractivity contribution is 5.84. The molecule has 1 amide bonds. The molecule has 1 fully saturated rings. The molecule has 0 bridgehead atoms. The third-order valence-corrected chi connectivity index (χ3v) is 6.30. The molecule has 0 radical (unpaired) electrons. The van der Waals surface area contributed by atoms with Crippen molar-refractivity contribution in [3.63, 3.8) is 0 Å². The van der Waals surface area contributed by atoms with E-state index in [-0.39, 0.29) is 29.9 Å². The number of amides is 1.